The van der Waals surface area contributed by atoms with Gasteiger partial charge in [0.05, 0.1) is 16.9 Å². The Balaban J connectivity index is 1.56. The SMILES string of the molecule is CCN1CCN(c2ccc(N=Cc3c(O)[nH]c4ccc(F)cc34)cc2F)CC1. The minimum Gasteiger partial charge on any atom is -0.494 e. The lowest BCUT2D eigenvalue weighted by molar-refractivity contribution is 0.270. The fraction of sp³-hybridized carbons (Fsp3) is 0.286. The average molecular weight is 384 g/mol. The normalized spacial score (nSPS) is 15.8. The first-order valence-electron chi connectivity index (χ1n) is 9.36. The van der Waals surface area contributed by atoms with E-state index in [1.165, 1.54) is 24.4 Å². The Morgan fingerprint density at radius 2 is 1.89 bits per heavy atom. The Morgan fingerprint density at radius 3 is 2.61 bits per heavy atom. The smallest absolute Gasteiger partial charge is 0.198 e. The largest absolute Gasteiger partial charge is 0.494 e. The first-order valence-corrected chi connectivity index (χ1v) is 9.36. The van der Waals surface area contributed by atoms with Crippen LogP contribution in [0, 0.1) is 11.6 Å². The van der Waals surface area contributed by atoms with E-state index in [0.29, 0.717) is 27.8 Å². The first-order chi connectivity index (χ1) is 13.5. The lowest BCUT2D eigenvalue weighted by atomic mass is 10.2. The summed E-state index contributed by atoms with van der Waals surface area (Å²) in [5, 5.41) is 10.6. The number of likely N-dealkylation sites (N-methyl/N-ethyl adjacent to an activating group) is 1. The topological polar surface area (TPSA) is 54.9 Å². The third-order valence-electron chi connectivity index (χ3n) is 5.21. The number of halogens is 2. The van der Waals surface area contributed by atoms with Crippen LogP contribution in [0.1, 0.15) is 12.5 Å². The van der Waals surface area contributed by atoms with Gasteiger partial charge in [-0.3, -0.25) is 4.99 Å². The first kappa shape index (κ1) is 18.4. The molecule has 2 aromatic carbocycles. The summed E-state index contributed by atoms with van der Waals surface area (Å²) >= 11 is 0. The van der Waals surface area contributed by atoms with Crippen molar-refractivity contribution in [3.05, 3.63) is 53.6 Å². The van der Waals surface area contributed by atoms with Gasteiger partial charge >= 0.3 is 0 Å². The zero-order valence-corrected chi connectivity index (χ0v) is 15.6. The lowest BCUT2D eigenvalue weighted by Crippen LogP contribution is -2.46. The highest BCUT2D eigenvalue weighted by Gasteiger charge is 2.18. The number of hydrogen-bond acceptors (Lipinski definition) is 4. The van der Waals surface area contributed by atoms with Gasteiger partial charge in [0, 0.05) is 49.4 Å². The lowest BCUT2D eigenvalue weighted by Gasteiger charge is -2.35. The molecule has 0 aliphatic carbocycles. The average Bonchev–Trinajstić information content (AvgIpc) is 3.01. The molecule has 28 heavy (non-hydrogen) atoms. The van der Waals surface area contributed by atoms with Gasteiger partial charge in [-0.05, 0) is 36.9 Å². The molecule has 0 bridgehead atoms. The predicted molar refractivity (Wildman–Crippen MR) is 108 cm³/mol. The summed E-state index contributed by atoms with van der Waals surface area (Å²) in [5.74, 6) is -0.830. The highest BCUT2D eigenvalue weighted by atomic mass is 19.1. The Bertz CT molecular complexity index is 1020. The van der Waals surface area contributed by atoms with Crippen molar-refractivity contribution in [2.24, 2.45) is 4.99 Å². The second kappa shape index (κ2) is 7.59. The molecular weight excluding hydrogens is 362 g/mol. The van der Waals surface area contributed by atoms with E-state index in [-0.39, 0.29) is 11.7 Å². The number of nitrogens with zero attached hydrogens (tertiary/aromatic N) is 3. The Kier molecular flexibility index (Phi) is 5.00. The third-order valence-corrected chi connectivity index (χ3v) is 5.21. The van der Waals surface area contributed by atoms with Crippen molar-refractivity contribution in [3.8, 4) is 5.88 Å². The molecule has 0 spiro atoms. The molecule has 7 heteroatoms. The molecule has 1 aliphatic heterocycles. The number of aliphatic imine (C=N–C) groups is 1. The number of nitrogens with one attached hydrogen (secondary N) is 1. The predicted octanol–water partition coefficient (Wildman–Crippen LogP) is 4.04. The molecule has 1 aromatic heterocycles. The number of aromatic nitrogens is 1. The Labute approximate surface area is 161 Å². The van der Waals surface area contributed by atoms with Crippen molar-refractivity contribution in [1.29, 1.82) is 0 Å². The fourth-order valence-corrected chi connectivity index (χ4v) is 3.58. The fourth-order valence-electron chi connectivity index (χ4n) is 3.58. The number of fused-ring (bicyclic) bond motifs is 1. The van der Waals surface area contributed by atoms with Crippen molar-refractivity contribution in [3.63, 3.8) is 0 Å². The molecule has 0 radical (unpaired) electrons. The second-order valence-corrected chi connectivity index (χ2v) is 6.89. The summed E-state index contributed by atoms with van der Waals surface area (Å²) in [6.07, 6.45) is 1.42. The number of aromatic amines is 1. The van der Waals surface area contributed by atoms with E-state index in [1.807, 2.05) is 4.90 Å². The molecule has 5 nitrogen and oxygen atoms in total. The molecule has 2 heterocycles. The van der Waals surface area contributed by atoms with Crippen LogP contribution in [0.5, 0.6) is 5.88 Å². The number of piperazine rings is 1. The number of anilines is 1. The van der Waals surface area contributed by atoms with E-state index in [0.717, 1.165) is 32.7 Å². The summed E-state index contributed by atoms with van der Waals surface area (Å²) in [4.78, 5) is 11.4. The second-order valence-electron chi connectivity index (χ2n) is 6.89. The van der Waals surface area contributed by atoms with E-state index in [9.17, 15) is 13.9 Å². The van der Waals surface area contributed by atoms with Crippen LogP contribution in [0.2, 0.25) is 0 Å². The van der Waals surface area contributed by atoms with Crippen molar-refractivity contribution in [2.45, 2.75) is 6.92 Å². The number of aromatic hydroxyl groups is 1. The van der Waals surface area contributed by atoms with Crippen LogP contribution in [0.15, 0.2) is 41.4 Å². The summed E-state index contributed by atoms with van der Waals surface area (Å²) in [6.45, 7) is 6.57. The molecular formula is C21H22F2N4O. The molecule has 0 amide bonds. The Morgan fingerprint density at radius 1 is 1.11 bits per heavy atom. The standard InChI is InChI=1S/C21H22F2N4O/c1-2-26-7-9-27(10-8-26)20-6-4-15(12-18(20)23)24-13-17-16-11-14(22)3-5-19(16)25-21(17)28/h3-6,11-13,25,28H,2,7-10H2,1H3. The highest BCUT2D eigenvalue weighted by Crippen LogP contribution is 2.28. The van der Waals surface area contributed by atoms with Crippen LogP contribution in [0.4, 0.5) is 20.2 Å². The maximum atomic E-state index is 14.6. The Hall–Kier alpha value is -2.93. The van der Waals surface area contributed by atoms with E-state index in [1.54, 1.807) is 18.2 Å². The maximum Gasteiger partial charge on any atom is 0.198 e. The summed E-state index contributed by atoms with van der Waals surface area (Å²) in [7, 11) is 0. The number of rotatable bonds is 4. The van der Waals surface area contributed by atoms with Crippen LogP contribution in [0.3, 0.4) is 0 Å². The quantitative estimate of drug-likeness (QED) is 0.668. The van der Waals surface area contributed by atoms with E-state index < -0.39 is 5.82 Å². The monoisotopic (exact) mass is 384 g/mol. The van der Waals surface area contributed by atoms with E-state index >= 15 is 0 Å². The molecule has 0 unspecified atom stereocenters. The van der Waals surface area contributed by atoms with Crippen molar-refractivity contribution in [1.82, 2.24) is 9.88 Å². The van der Waals surface area contributed by atoms with E-state index in [4.69, 9.17) is 0 Å². The van der Waals surface area contributed by atoms with Crippen LogP contribution in [-0.4, -0.2) is 53.9 Å². The van der Waals surface area contributed by atoms with Crippen molar-refractivity contribution < 1.29 is 13.9 Å². The molecule has 1 saturated heterocycles. The van der Waals surface area contributed by atoms with Crippen LogP contribution in [0.25, 0.3) is 10.9 Å². The highest BCUT2D eigenvalue weighted by molar-refractivity contribution is 6.02. The molecule has 2 N–H and O–H groups in total. The zero-order chi connectivity index (χ0) is 19.7. The van der Waals surface area contributed by atoms with Crippen LogP contribution >= 0.6 is 0 Å². The molecule has 1 fully saturated rings. The van der Waals surface area contributed by atoms with Crippen molar-refractivity contribution >= 4 is 28.5 Å². The van der Waals surface area contributed by atoms with E-state index in [2.05, 4.69) is 21.8 Å². The number of H-pyrrole nitrogens is 1. The van der Waals surface area contributed by atoms with Crippen molar-refractivity contribution in [2.75, 3.05) is 37.6 Å². The van der Waals surface area contributed by atoms with Gasteiger partial charge in [-0.25, -0.2) is 8.78 Å². The minimum atomic E-state index is -0.403. The summed E-state index contributed by atoms with van der Waals surface area (Å²) in [5.41, 5.74) is 1.98. The summed E-state index contributed by atoms with van der Waals surface area (Å²) in [6, 6.07) is 9.05. The molecule has 4 rings (SSSR count). The van der Waals surface area contributed by atoms with Crippen LogP contribution < -0.4 is 4.90 Å². The number of hydrogen-bond donors (Lipinski definition) is 2. The van der Waals surface area contributed by atoms with Gasteiger partial charge in [0.15, 0.2) is 5.88 Å². The zero-order valence-electron chi connectivity index (χ0n) is 15.6. The van der Waals surface area contributed by atoms with Gasteiger partial charge in [-0.2, -0.15) is 0 Å². The van der Waals surface area contributed by atoms with Gasteiger partial charge < -0.3 is 19.9 Å². The third kappa shape index (κ3) is 3.57. The summed E-state index contributed by atoms with van der Waals surface area (Å²) < 4.78 is 28.1. The van der Waals surface area contributed by atoms with Gasteiger partial charge in [0.2, 0.25) is 0 Å². The van der Waals surface area contributed by atoms with Crippen LogP contribution in [-0.2, 0) is 0 Å². The van der Waals surface area contributed by atoms with Gasteiger partial charge in [0.1, 0.15) is 11.6 Å². The maximum absolute atomic E-state index is 14.6. The van der Waals surface area contributed by atoms with Gasteiger partial charge in [-0.1, -0.05) is 6.92 Å². The van der Waals surface area contributed by atoms with Gasteiger partial charge in [-0.15, -0.1) is 0 Å². The minimum absolute atomic E-state index is 0.102. The van der Waals surface area contributed by atoms with Gasteiger partial charge in [0.25, 0.3) is 0 Å². The molecule has 1 aliphatic rings. The molecule has 0 atom stereocenters. The molecule has 3 aromatic rings. The molecule has 0 saturated carbocycles. The molecule has 146 valence electrons. The number of benzene rings is 2.